The average Bonchev–Trinajstić information content (AvgIpc) is 3.36. The van der Waals surface area contributed by atoms with Crippen LogP contribution in [-0.4, -0.2) is 32.6 Å². The van der Waals surface area contributed by atoms with Crippen LogP contribution in [0.1, 0.15) is 19.5 Å². The Bertz CT molecular complexity index is 1620. The normalized spacial score (nSPS) is 12.2. The summed E-state index contributed by atoms with van der Waals surface area (Å²) < 4.78 is 57.5. The number of H-pyrrole nitrogens is 1. The number of aromatic amines is 1. The first-order valence-electron chi connectivity index (χ1n) is 10.7. The van der Waals surface area contributed by atoms with Gasteiger partial charge in [0.05, 0.1) is 21.6 Å². The third kappa shape index (κ3) is 4.05. The monoisotopic (exact) mass is 501 g/mol. The zero-order valence-electron chi connectivity index (χ0n) is 18.8. The SMILES string of the molecule is CC(C)N(C)c1cc(C(F)(F)F)nc2c1nc(-c1ccc(F)cc1)n2-c1ccc2[nH]c(=O)sc2c1. The summed E-state index contributed by atoms with van der Waals surface area (Å²) in [6.45, 7) is 3.72. The van der Waals surface area contributed by atoms with Crippen molar-refractivity contribution in [2.75, 3.05) is 11.9 Å². The number of halogens is 4. The molecule has 0 atom stereocenters. The van der Waals surface area contributed by atoms with Crippen LogP contribution in [-0.2, 0) is 6.18 Å². The second-order valence-corrected chi connectivity index (χ2v) is 9.39. The quantitative estimate of drug-likeness (QED) is 0.307. The standard InChI is InChI=1S/C24H19F4N5OS/c1-12(2)32(3)17-11-19(24(26,27)28)30-22-20(17)31-21(13-4-6-14(25)7-5-13)33(22)15-8-9-16-18(10-15)35-23(34)29-16/h4-12H,1-3H3,(H,29,34). The van der Waals surface area contributed by atoms with E-state index in [2.05, 4.69) is 9.97 Å². The molecule has 0 saturated carbocycles. The minimum atomic E-state index is -4.68. The van der Waals surface area contributed by atoms with Gasteiger partial charge in [0.2, 0.25) is 0 Å². The largest absolute Gasteiger partial charge is 0.433 e. The number of thiazole rings is 1. The molecular weight excluding hydrogens is 482 g/mol. The summed E-state index contributed by atoms with van der Waals surface area (Å²) in [7, 11) is 1.69. The van der Waals surface area contributed by atoms with E-state index in [0.717, 1.165) is 17.4 Å². The number of anilines is 1. The minimum Gasteiger partial charge on any atom is -0.370 e. The van der Waals surface area contributed by atoms with Gasteiger partial charge in [-0.2, -0.15) is 13.2 Å². The van der Waals surface area contributed by atoms with E-state index in [4.69, 9.17) is 4.98 Å². The lowest BCUT2D eigenvalue weighted by molar-refractivity contribution is -0.140. The molecule has 0 amide bonds. The highest BCUT2D eigenvalue weighted by Gasteiger charge is 2.35. The Balaban J connectivity index is 1.90. The van der Waals surface area contributed by atoms with Crippen molar-refractivity contribution in [2.45, 2.75) is 26.1 Å². The van der Waals surface area contributed by atoms with Crippen molar-refractivity contribution in [1.82, 2.24) is 19.5 Å². The van der Waals surface area contributed by atoms with Crippen molar-refractivity contribution >= 4 is 38.4 Å². The smallest absolute Gasteiger partial charge is 0.370 e. The molecule has 2 aromatic carbocycles. The fourth-order valence-corrected chi connectivity index (χ4v) is 4.60. The van der Waals surface area contributed by atoms with E-state index >= 15 is 0 Å². The van der Waals surface area contributed by atoms with Crippen LogP contribution in [0.4, 0.5) is 23.2 Å². The van der Waals surface area contributed by atoms with E-state index in [-0.39, 0.29) is 27.8 Å². The predicted molar refractivity (Wildman–Crippen MR) is 129 cm³/mol. The molecule has 5 aromatic rings. The van der Waals surface area contributed by atoms with Crippen molar-refractivity contribution < 1.29 is 17.6 Å². The highest BCUT2D eigenvalue weighted by Crippen LogP contribution is 2.38. The third-order valence-corrected chi connectivity index (χ3v) is 6.65. The lowest BCUT2D eigenvalue weighted by Crippen LogP contribution is -2.26. The van der Waals surface area contributed by atoms with Gasteiger partial charge in [0.25, 0.3) is 0 Å². The minimum absolute atomic E-state index is 0.00360. The lowest BCUT2D eigenvalue weighted by atomic mass is 10.2. The van der Waals surface area contributed by atoms with Crippen molar-refractivity contribution in [2.24, 2.45) is 0 Å². The van der Waals surface area contributed by atoms with Crippen molar-refractivity contribution in [3.63, 3.8) is 0 Å². The number of nitrogens with zero attached hydrogens (tertiary/aromatic N) is 4. The van der Waals surface area contributed by atoms with E-state index < -0.39 is 17.7 Å². The Morgan fingerprint density at radius 2 is 1.77 bits per heavy atom. The number of alkyl halides is 3. The number of benzene rings is 2. The zero-order valence-corrected chi connectivity index (χ0v) is 19.6. The van der Waals surface area contributed by atoms with Crippen LogP contribution in [0.5, 0.6) is 0 Å². The van der Waals surface area contributed by atoms with Gasteiger partial charge in [0.15, 0.2) is 5.65 Å². The van der Waals surface area contributed by atoms with Crippen LogP contribution in [0.2, 0.25) is 0 Å². The van der Waals surface area contributed by atoms with Gasteiger partial charge in [0, 0.05) is 18.7 Å². The number of rotatable bonds is 4. The molecule has 0 aliphatic carbocycles. The highest BCUT2D eigenvalue weighted by atomic mass is 32.1. The van der Waals surface area contributed by atoms with Crippen LogP contribution in [0.25, 0.3) is 38.5 Å². The van der Waals surface area contributed by atoms with Crippen LogP contribution >= 0.6 is 11.3 Å². The number of hydrogen-bond acceptors (Lipinski definition) is 5. The van der Waals surface area contributed by atoms with Crippen LogP contribution < -0.4 is 9.77 Å². The molecule has 3 heterocycles. The van der Waals surface area contributed by atoms with Gasteiger partial charge in [-0.1, -0.05) is 11.3 Å². The predicted octanol–water partition coefficient (Wildman–Crippen LogP) is 5.99. The average molecular weight is 502 g/mol. The maximum atomic E-state index is 13.9. The molecule has 0 aliphatic rings. The summed E-state index contributed by atoms with van der Waals surface area (Å²) in [4.78, 5) is 24.7. The van der Waals surface area contributed by atoms with Crippen LogP contribution in [0.15, 0.2) is 53.3 Å². The second-order valence-electron chi connectivity index (χ2n) is 8.37. The summed E-state index contributed by atoms with van der Waals surface area (Å²) in [5.41, 5.74) is 1.08. The first-order valence-corrected chi connectivity index (χ1v) is 11.5. The molecule has 0 fully saturated rings. The van der Waals surface area contributed by atoms with Crippen LogP contribution in [0.3, 0.4) is 0 Å². The molecule has 11 heteroatoms. The number of nitrogens with one attached hydrogen (secondary N) is 1. The van der Waals surface area contributed by atoms with Gasteiger partial charge in [-0.25, -0.2) is 14.4 Å². The molecule has 5 rings (SSSR count). The number of fused-ring (bicyclic) bond motifs is 2. The van der Waals surface area contributed by atoms with E-state index in [1.54, 1.807) is 30.1 Å². The molecule has 0 unspecified atom stereocenters. The number of aromatic nitrogens is 4. The fourth-order valence-electron chi connectivity index (χ4n) is 3.83. The van der Waals surface area contributed by atoms with Gasteiger partial charge in [0.1, 0.15) is 22.9 Å². The Kier molecular flexibility index (Phi) is 5.39. The van der Waals surface area contributed by atoms with E-state index in [1.165, 1.54) is 28.8 Å². The summed E-state index contributed by atoms with van der Waals surface area (Å²) in [5, 5.41) is 0. The highest BCUT2D eigenvalue weighted by molar-refractivity contribution is 7.16. The molecule has 0 saturated heterocycles. The van der Waals surface area contributed by atoms with Crippen molar-refractivity contribution in [3.8, 4) is 17.1 Å². The lowest BCUT2D eigenvalue weighted by Gasteiger charge is -2.24. The second kappa shape index (κ2) is 8.19. The Labute approximate surface area is 200 Å². The maximum Gasteiger partial charge on any atom is 0.433 e. The first-order chi connectivity index (χ1) is 16.5. The molecule has 180 valence electrons. The van der Waals surface area contributed by atoms with Gasteiger partial charge < -0.3 is 9.88 Å². The van der Waals surface area contributed by atoms with Crippen molar-refractivity contribution in [3.05, 3.63) is 69.7 Å². The van der Waals surface area contributed by atoms with Crippen LogP contribution in [0, 0.1) is 5.82 Å². The fraction of sp³-hybridized carbons (Fsp3) is 0.208. The third-order valence-electron chi connectivity index (χ3n) is 5.81. The van der Waals surface area contributed by atoms with E-state index in [0.29, 0.717) is 27.3 Å². The Hall–Kier alpha value is -3.73. The first kappa shape index (κ1) is 23.0. The summed E-state index contributed by atoms with van der Waals surface area (Å²) in [6.07, 6.45) is -4.68. The van der Waals surface area contributed by atoms with Gasteiger partial charge in [-0.05, 0) is 62.4 Å². The number of hydrogen-bond donors (Lipinski definition) is 1. The van der Waals surface area contributed by atoms with E-state index in [1.807, 2.05) is 13.8 Å². The number of imidazole rings is 1. The van der Waals surface area contributed by atoms with Crippen molar-refractivity contribution in [1.29, 1.82) is 0 Å². The molecule has 35 heavy (non-hydrogen) atoms. The molecule has 0 spiro atoms. The van der Waals surface area contributed by atoms with E-state index in [9.17, 15) is 22.4 Å². The number of pyridine rings is 1. The Morgan fingerprint density at radius 3 is 2.43 bits per heavy atom. The maximum absolute atomic E-state index is 13.9. The van der Waals surface area contributed by atoms with Gasteiger partial charge in [-0.3, -0.25) is 9.36 Å². The molecule has 3 aromatic heterocycles. The molecular formula is C24H19F4N5OS. The molecule has 1 N–H and O–H groups in total. The summed E-state index contributed by atoms with van der Waals surface area (Å²) in [6, 6.07) is 11.5. The topological polar surface area (TPSA) is 66.8 Å². The van der Waals surface area contributed by atoms with Gasteiger partial charge in [-0.15, -0.1) is 0 Å². The molecule has 0 radical (unpaired) electrons. The summed E-state index contributed by atoms with van der Waals surface area (Å²) in [5.74, 6) is -0.153. The summed E-state index contributed by atoms with van der Waals surface area (Å²) >= 11 is 0.989. The van der Waals surface area contributed by atoms with Gasteiger partial charge >= 0.3 is 11.0 Å². The molecule has 6 nitrogen and oxygen atoms in total. The molecule has 0 aliphatic heterocycles. The molecule has 0 bridgehead atoms. The Morgan fingerprint density at radius 1 is 1.06 bits per heavy atom. The zero-order chi connectivity index (χ0) is 25.1.